The first kappa shape index (κ1) is 20.2. The van der Waals surface area contributed by atoms with Crippen molar-refractivity contribution in [1.82, 2.24) is 14.5 Å². The van der Waals surface area contributed by atoms with Gasteiger partial charge in [0.15, 0.2) is 11.5 Å². The van der Waals surface area contributed by atoms with Gasteiger partial charge in [0, 0.05) is 30.3 Å². The summed E-state index contributed by atoms with van der Waals surface area (Å²) >= 11 is 0. The van der Waals surface area contributed by atoms with Crippen LogP contribution in [0.5, 0.6) is 11.5 Å². The van der Waals surface area contributed by atoms with E-state index in [9.17, 15) is 4.79 Å². The summed E-state index contributed by atoms with van der Waals surface area (Å²) < 4.78 is 12.3. The average molecular weight is 417 g/mol. The molecule has 158 valence electrons. The molecule has 0 fully saturated rings. The summed E-state index contributed by atoms with van der Waals surface area (Å²) in [5.74, 6) is 1.94. The Labute approximate surface area is 179 Å². The smallest absolute Gasteiger partial charge is 0.250 e. The van der Waals surface area contributed by atoms with E-state index in [1.807, 2.05) is 30.3 Å². The number of aromatic nitrogens is 3. The van der Waals surface area contributed by atoms with Gasteiger partial charge in [0.1, 0.15) is 5.82 Å². The first-order valence-corrected chi connectivity index (χ1v) is 9.74. The highest BCUT2D eigenvalue weighted by Gasteiger charge is 2.11. The molecule has 0 aliphatic carbocycles. The number of hydrogen-bond acceptors (Lipinski definition) is 7. The average Bonchev–Trinajstić information content (AvgIpc) is 2.79. The molecule has 0 bridgehead atoms. The fourth-order valence-corrected chi connectivity index (χ4v) is 3.29. The maximum absolute atomic E-state index is 11.9. The zero-order valence-electron chi connectivity index (χ0n) is 17.3. The van der Waals surface area contributed by atoms with Gasteiger partial charge in [-0.3, -0.25) is 4.79 Å². The molecular formula is C23H23N5O3. The zero-order valence-corrected chi connectivity index (χ0v) is 17.3. The minimum atomic E-state index is -0.0199. The standard InChI is InChI=1S/C23H23N5O3/c1-30-19-11-17-18(12-20(19)31-2)26-23(27-22(17)24)25-13-15-6-8-16(9-7-15)14-28-10-4-3-5-21(28)29/h3-12H,13-14H2,1-2H3,(H3,24,25,26,27). The summed E-state index contributed by atoms with van der Waals surface area (Å²) in [5.41, 5.74) is 8.87. The first-order valence-electron chi connectivity index (χ1n) is 9.74. The van der Waals surface area contributed by atoms with Gasteiger partial charge in [-0.05, 0) is 23.3 Å². The third-order valence-electron chi connectivity index (χ3n) is 4.96. The Morgan fingerprint density at radius 3 is 2.39 bits per heavy atom. The Morgan fingerprint density at radius 2 is 1.68 bits per heavy atom. The van der Waals surface area contributed by atoms with E-state index < -0.39 is 0 Å². The van der Waals surface area contributed by atoms with Crippen molar-refractivity contribution in [3.05, 3.63) is 82.3 Å². The Hall–Kier alpha value is -4.07. The van der Waals surface area contributed by atoms with E-state index in [1.54, 1.807) is 49.2 Å². The number of benzene rings is 2. The monoisotopic (exact) mass is 417 g/mol. The number of hydrogen-bond donors (Lipinski definition) is 2. The molecule has 0 aliphatic heterocycles. The number of rotatable bonds is 7. The topological polar surface area (TPSA) is 104 Å². The van der Waals surface area contributed by atoms with Gasteiger partial charge in [0.05, 0.1) is 26.3 Å². The Morgan fingerprint density at radius 1 is 0.968 bits per heavy atom. The molecule has 0 unspecified atom stereocenters. The van der Waals surface area contributed by atoms with Gasteiger partial charge < -0.3 is 25.1 Å². The fraction of sp³-hybridized carbons (Fsp3) is 0.174. The number of anilines is 2. The Bertz CT molecular complexity index is 1270. The number of pyridine rings is 1. The van der Waals surface area contributed by atoms with Crippen LogP contribution >= 0.6 is 0 Å². The Balaban J connectivity index is 1.48. The van der Waals surface area contributed by atoms with Gasteiger partial charge in [-0.2, -0.15) is 4.98 Å². The van der Waals surface area contributed by atoms with Crippen LogP contribution in [0.4, 0.5) is 11.8 Å². The highest BCUT2D eigenvalue weighted by molar-refractivity contribution is 5.91. The highest BCUT2D eigenvalue weighted by Crippen LogP contribution is 2.33. The largest absolute Gasteiger partial charge is 0.493 e. The van der Waals surface area contributed by atoms with Gasteiger partial charge in [-0.15, -0.1) is 0 Å². The molecule has 8 nitrogen and oxygen atoms in total. The van der Waals surface area contributed by atoms with E-state index >= 15 is 0 Å². The van der Waals surface area contributed by atoms with Crippen molar-refractivity contribution in [2.24, 2.45) is 0 Å². The molecule has 3 N–H and O–H groups in total. The molecule has 4 rings (SSSR count). The van der Waals surface area contributed by atoms with E-state index in [-0.39, 0.29) is 5.56 Å². The molecule has 2 heterocycles. The number of ether oxygens (including phenoxy) is 2. The minimum Gasteiger partial charge on any atom is -0.493 e. The summed E-state index contributed by atoms with van der Waals surface area (Å²) in [6, 6.07) is 16.7. The molecule has 0 radical (unpaired) electrons. The van der Waals surface area contributed by atoms with Crippen LogP contribution in [0.3, 0.4) is 0 Å². The van der Waals surface area contributed by atoms with E-state index in [0.29, 0.717) is 47.3 Å². The number of nitrogens with one attached hydrogen (secondary N) is 1. The Kier molecular flexibility index (Phi) is 5.70. The summed E-state index contributed by atoms with van der Waals surface area (Å²) in [7, 11) is 3.14. The molecule has 2 aromatic heterocycles. The van der Waals surface area contributed by atoms with Crippen LogP contribution in [0.25, 0.3) is 10.9 Å². The van der Waals surface area contributed by atoms with Crippen LogP contribution in [0, 0.1) is 0 Å². The van der Waals surface area contributed by atoms with E-state index in [0.717, 1.165) is 11.1 Å². The van der Waals surface area contributed by atoms with Crippen molar-refractivity contribution in [2.75, 3.05) is 25.3 Å². The fourth-order valence-electron chi connectivity index (χ4n) is 3.29. The normalized spacial score (nSPS) is 10.8. The third kappa shape index (κ3) is 4.42. The number of fused-ring (bicyclic) bond motifs is 1. The van der Waals surface area contributed by atoms with Crippen molar-refractivity contribution in [3.8, 4) is 11.5 Å². The number of nitrogens with zero attached hydrogens (tertiary/aromatic N) is 3. The van der Waals surface area contributed by atoms with Crippen molar-refractivity contribution in [3.63, 3.8) is 0 Å². The lowest BCUT2D eigenvalue weighted by Crippen LogP contribution is -2.18. The minimum absolute atomic E-state index is 0.0199. The lowest BCUT2D eigenvalue weighted by Gasteiger charge is -2.12. The third-order valence-corrected chi connectivity index (χ3v) is 4.96. The van der Waals surface area contributed by atoms with Crippen LogP contribution in [0.15, 0.2) is 65.6 Å². The second kappa shape index (κ2) is 8.74. The molecule has 0 aliphatic rings. The van der Waals surface area contributed by atoms with Crippen LogP contribution < -0.4 is 26.1 Å². The van der Waals surface area contributed by atoms with Crippen LogP contribution in [0.2, 0.25) is 0 Å². The molecule has 4 aromatic rings. The summed E-state index contributed by atoms with van der Waals surface area (Å²) in [6.45, 7) is 1.06. The molecule has 0 saturated carbocycles. The highest BCUT2D eigenvalue weighted by atomic mass is 16.5. The summed E-state index contributed by atoms with van der Waals surface area (Å²) in [5, 5.41) is 3.91. The van der Waals surface area contributed by atoms with E-state index in [2.05, 4.69) is 15.3 Å². The van der Waals surface area contributed by atoms with E-state index in [4.69, 9.17) is 15.2 Å². The molecule has 0 saturated heterocycles. The van der Waals surface area contributed by atoms with Gasteiger partial charge in [0.2, 0.25) is 5.95 Å². The van der Waals surface area contributed by atoms with Crippen LogP contribution in [0.1, 0.15) is 11.1 Å². The lowest BCUT2D eigenvalue weighted by atomic mass is 10.1. The van der Waals surface area contributed by atoms with Gasteiger partial charge in [-0.25, -0.2) is 4.98 Å². The first-order chi connectivity index (χ1) is 15.1. The van der Waals surface area contributed by atoms with Crippen LogP contribution in [-0.2, 0) is 13.1 Å². The quantitative estimate of drug-likeness (QED) is 0.476. The predicted molar refractivity (Wildman–Crippen MR) is 121 cm³/mol. The maximum Gasteiger partial charge on any atom is 0.250 e. The second-order valence-corrected chi connectivity index (χ2v) is 6.99. The molecule has 8 heteroatoms. The van der Waals surface area contributed by atoms with Gasteiger partial charge in [0.25, 0.3) is 5.56 Å². The summed E-state index contributed by atoms with van der Waals surface area (Å²) in [4.78, 5) is 20.8. The number of nitrogen functional groups attached to an aromatic ring is 1. The van der Waals surface area contributed by atoms with Crippen molar-refractivity contribution < 1.29 is 9.47 Å². The molecule has 0 atom stereocenters. The predicted octanol–water partition coefficient (Wildman–Crippen LogP) is 3.05. The van der Waals surface area contributed by atoms with Gasteiger partial charge in [-0.1, -0.05) is 30.3 Å². The molecule has 31 heavy (non-hydrogen) atoms. The van der Waals surface area contributed by atoms with Gasteiger partial charge >= 0.3 is 0 Å². The molecular weight excluding hydrogens is 394 g/mol. The molecule has 2 aromatic carbocycles. The number of methoxy groups -OCH3 is 2. The maximum atomic E-state index is 11.9. The second-order valence-electron chi connectivity index (χ2n) is 6.99. The lowest BCUT2D eigenvalue weighted by molar-refractivity contribution is 0.356. The SMILES string of the molecule is COc1cc2nc(NCc3ccc(Cn4ccccc4=O)cc3)nc(N)c2cc1OC. The molecule has 0 spiro atoms. The van der Waals surface area contributed by atoms with Crippen LogP contribution in [-0.4, -0.2) is 28.8 Å². The van der Waals surface area contributed by atoms with Crippen molar-refractivity contribution >= 4 is 22.7 Å². The summed E-state index contributed by atoms with van der Waals surface area (Å²) in [6.07, 6.45) is 1.78. The molecule has 0 amide bonds. The zero-order chi connectivity index (χ0) is 21.8. The number of nitrogens with two attached hydrogens (primary N) is 1. The van der Waals surface area contributed by atoms with E-state index in [1.165, 1.54) is 0 Å². The van der Waals surface area contributed by atoms with Crippen molar-refractivity contribution in [1.29, 1.82) is 0 Å². The van der Waals surface area contributed by atoms with Crippen molar-refractivity contribution in [2.45, 2.75) is 13.1 Å².